The van der Waals surface area contributed by atoms with Crippen LogP contribution in [-0.2, 0) is 4.74 Å². The summed E-state index contributed by atoms with van der Waals surface area (Å²) < 4.78 is 4.68. The van der Waals surface area contributed by atoms with E-state index in [4.69, 9.17) is 0 Å². The molecule has 3 nitrogen and oxygen atoms in total. The molecule has 0 saturated carbocycles. The van der Waals surface area contributed by atoms with Crippen LogP contribution in [0.25, 0.3) is 10.9 Å². The van der Waals surface area contributed by atoms with E-state index in [1.54, 1.807) is 6.20 Å². The number of hydrogen-bond donors (Lipinski definition) is 0. The normalized spacial score (nSPS) is 10.8. The van der Waals surface area contributed by atoms with Crippen LogP contribution in [-0.4, -0.2) is 18.1 Å². The van der Waals surface area contributed by atoms with Gasteiger partial charge >= 0.3 is 5.97 Å². The molecular weight excluding hydrogens is 214 g/mol. The fraction of sp³-hybridized carbons (Fsp3) is 0.286. The zero-order valence-electron chi connectivity index (χ0n) is 10.2. The Balaban J connectivity index is 2.54. The standard InChI is InChI=1S/C14H15NO2/c1-9(2)10-4-5-13-11(6-10)7-12(8-15-13)14(16)17-3/h4-9H,1-3H3. The quantitative estimate of drug-likeness (QED) is 0.742. The number of rotatable bonds is 2. The fourth-order valence-corrected chi connectivity index (χ4v) is 1.74. The van der Waals surface area contributed by atoms with Crippen molar-refractivity contribution in [2.24, 2.45) is 0 Å². The third kappa shape index (κ3) is 2.28. The summed E-state index contributed by atoms with van der Waals surface area (Å²) in [6, 6.07) is 7.93. The second-order valence-corrected chi connectivity index (χ2v) is 4.32. The van der Waals surface area contributed by atoms with Crippen LogP contribution in [0.2, 0.25) is 0 Å². The first kappa shape index (κ1) is 11.6. The first-order valence-electron chi connectivity index (χ1n) is 5.60. The molecule has 1 aromatic heterocycles. The van der Waals surface area contributed by atoms with Crippen molar-refractivity contribution in [3.8, 4) is 0 Å². The van der Waals surface area contributed by atoms with Gasteiger partial charge in [-0.2, -0.15) is 0 Å². The Labute approximate surface area is 100 Å². The molecule has 0 bridgehead atoms. The van der Waals surface area contributed by atoms with Crippen molar-refractivity contribution in [1.29, 1.82) is 0 Å². The van der Waals surface area contributed by atoms with Gasteiger partial charge in [-0.25, -0.2) is 4.79 Å². The third-order valence-electron chi connectivity index (χ3n) is 2.79. The summed E-state index contributed by atoms with van der Waals surface area (Å²) in [4.78, 5) is 15.7. The lowest BCUT2D eigenvalue weighted by molar-refractivity contribution is 0.0600. The van der Waals surface area contributed by atoms with Gasteiger partial charge in [0.1, 0.15) is 0 Å². The van der Waals surface area contributed by atoms with Crippen LogP contribution in [0.1, 0.15) is 35.7 Å². The van der Waals surface area contributed by atoms with Gasteiger partial charge in [-0.15, -0.1) is 0 Å². The molecule has 0 fully saturated rings. The van der Waals surface area contributed by atoms with E-state index in [0.29, 0.717) is 11.5 Å². The van der Waals surface area contributed by atoms with Crippen molar-refractivity contribution in [2.75, 3.05) is 7.11 Å². The van der Waals surface area contributed by atoms with Crippen molar-refractivity contribution in [1.82, 2.24) is 4.98 Å². The van der Waals surface area contributed by atoms with E-state index in [2.05, 4.69) is 35.7 Å². The minimum atomic E-state index is -0.352. The number of carbonyl (C=O) groups excluding carboxylic acids is 1. The minimum absolute atomic E-state index is 0.352. The van der Waals surface area contributed by atoms with Crippen molar-refractivity contribution >= 4 is 16.9 Å². The molecule has 0 aliphatic rings. The summed E-state index contributed by atoms with van der Waals surface area (Å²) in [5.74, 6) is 0.107. The van der Waals surface area contributed by atoms with Gasteiger partial charge < -0.3 is 4.74 Å². The van der Waals surface area contributed by atoms with Crippen LogP contribution < -0.4 is 0 Å². The number of ether oxygens (including phenoxy) is 1. The predicted octanol–water partition coefficient (Wildman–Crippen LogP) is 3.14. The molecule has 0 atom stereocenters. The molecule has 0 saturated heterocycles. The maximum absolute atomic E-state index is 11.4. The van der Waals surface area contributed by atoms with Crippen LogP contribution in [0.4, 0.5) is 0 Å². The highest BCUT2D eigenvalue weighted by Gasteiger charge is 2.08. The molecular formula is C14H15NO2. The molecule has 2 rings (SSSR count). The first-order chi connectivity index (χ1) is 8.11. The highest BCUT2D eigenvalue weighted by Crippen LogP contribution is 2.21. The van der Waals surface area contributed by atoms with E-state index in [1.165, 1.54) is 12.7 Å². The second-order valence-electron chi connectivity index (χ2n) is 4.32. The number of fused-ring (bicyclic) bond motifs is 1. The molecule has 1 aromatic carbocycles. The maximum atomic E-state index is 11.4. The Hall–Kier alpha value is -1.90. The minimum Gasteiger partial charge on any atom is -0.465 e. The predicted molar refractivity (Wildman–Crippen MR) is 67.2 cm³/mol. The van der Waals surface area contributed by atoms with E-state index in [9.17, 15) is 4.79 Å². The van der Waals surface area contributed by atoms with E-state index >= 15 is 0 Å². The van der Waals surface area contributed by atoms with Gasteiger partial charge in [0, 0.05) is 11.6 Å². The zero-order valence-corrected chi connectivity index (χ0v) is 10.2. The molecule has 0 unspecified atom stereocenters. The summed E-state index contributed by atoms with van der Waals surface area (Å²) in [7, 11) is 1.37. The fourth-order valence-electron chi connectivity index (χ4n) is 1.74. The van der Waals surface area contributed by atoms with Gasteiger partial charge in [0.25, 0.3) is 0 Å². The lowest BCUT2D eigenvalue weighted by atomic mass is 10.0. The Morgan fingerprint density at radius 2 is 2.06 bits per heavy atom. The highest BCUT2D eigenvalue weighted by atomic mass is 16.5. The molecule has 0 spiro atoms. The SMILES string of the molecule is COC(=O)c1cnc2ccc(C(C)C)cc2c1. The van der Waals surface area contributed by atoms with Gasteiger partial charge in [-0.1, -0.05) is 19.9 Å². The summed E-state index contributed by atoms with van der Waals surface area (Å²) in [6.45, 7) is 4.28. The first-order valence-corrected chi connectivity index (χ1v) is 5.60. The van der Waals surface area contributed by atoms with Crippen molar-refractivity contribution in [3.05, 3.63) is 41.6 Å². The van der Waals surface area contributed by atoms with Gasteiger partial charge in [0.15, 0.2) is 0 Å². The summed E-state index contributed by atoms with van der Waals surface area (Å²) in [5.41, 5.74) is 2.62. The zero-order chi connectivity index (χ0) is 12.4. The number of aromatic nitrogens is 1. The highest BCUT2D eigenvalue weighted by molar-refractivity contribution is 5.93. The largest absolute Gasteiger partial charge is 0.465 e. The Morgan fingerprint density at radius 1 is 1.29 bits per heavy atom. The molecule has 2 aromatic rings. The molecule has 88 valence electrons. The number of carbonyl (C=O) groups is 1. The molecule has 17 heavy (non-hydrogen) atoms. The van der Waals surface area contributed by atoms with Gasteiger partial charge in [-0.05, 0) is 29.7 Å². The molecule has 0 radical (unpaired) electrons. The number of esters is 1. The number of benzene rings is 1. The summed E-state index contributed by atoms with van der Waals surface area (Å²) in [5, 5.41) is 0.971. The number of pyridine rings is 1. The lowest BCUT2D eigenvalue weighted by Gasteiger charge is -2.07. The lowest BCUT2D eigenvalue weighted by Crippen LogP contribution is -2.01. The van der Waals surface area contributed by atoms with Gasteiger partial charge in [0.2, 0.25) is 0 Å². The van der Waals surface area contributed by atoms with Gasteiger partial charge in [-0.3, -0.25) is 4.98 Å². The Bertz CT molecular complexity index is 561. The number of hydrogen-bond acceptors (Lipinski definition) is 3. The molecule has 0 amide bonds. The maximum Gasteiger partial charge on any atom is 0.339 e. The number of nitrogens with zero attached hydrogens (tertiary/aromatic N) is 1. The molecule has 1 heterocycles. The van der Waals surface area contributed by atoms with Crippen LogP contribution in [0.15, 0.2) is 30.5 Å². The van der Waals surface area contributed by atoms with E-state index < -0.39 is 0 Å². The monoisotopic (exact) mass is 229 g/mol. The molecule has 0 N–H and O–H groups in total. The van der Waals surface area contributed by atoms with Crippen molar-refractivity contribution in [2.45, 2.75) is 19.8 Å². The summed E-state index contributed by atoms with van der Waals surface area (Å²) in [6.07, 6.45) is 1.54. The van der Waals surface area contributed by atoms with Crippen molar-refractivity contribution < 1.29 is 9.53 Å². The van der Waals surface area contributed by atoms with E-state index in [-0.39, 0.29) is 5.97 Å². The van der Waals surface area contributed by atoms with E-state index in [1.807, 2.05) is 12.1 Å². The molecule has 0 aliphatic heterocycles. The topological polar surface area (TPSA) is 39.2 Å². The number of methoxy groups -OCH3 is 1. The molecule has 0 aliphatic carbocycles. The van der Waals surface area contributed by atoms with Crippen LogP contribution in [0, 0.1) is 0 Å². The summed E-state index contributed by atoms with van der Waals surface area (Å²) >= 11 is 0. The van der Waals surface area contributed by atoms with Crippen LogP contribution >= 0.6 is 0 Å². The average molecular weight is 229 g/mol. The smallest absolute Gasteiger partial charge is 0.339 e. The van der Waals surface area contributed by atoms with Crippen LogP contribution in [0.3, 0.4) is 0 Å². The van der Waals surface area contributed by atoms with Crippen molar-refractivity contribution in [3.63, 3.8) is 0 Å². The van der Waals surface area contributed by atoms with E-state index in [0.717, 1.165) is 10.9 Å². The van der Waals surface area contributed by atoms with Crippen LogP contribution in [0.5, 0.6) is 0 Å². The molecule has 3 heteroatoms. The third-order valence-corrected chi connectivity index (χ3v) is 2.79. The Kier molecular flexibility index (Phi) is 3.09. The average Bonchev–Trinajstić information content (AvgIpc) is 2.36. The van der Waals surface area contributed by atoms with Gasteiger partial charge in [0.05, 0.1) is 18.2 Å². The second kappa shape index (κ2) is 4.53. The Morgan fingerprint density at radius 3 is 2.71 bits per heavy atom.